The van der Waals surface area contributed by atoms with Gasteiger partial charge in [-0.05, 0) is 31.0 Å². The highest BCUT2D eigenvalue weighted by Gasteiger charge is 2.28. The quantitative estimate of drug-likeness (QED) is 0.745. The van der Waals surface area contributed by atoms with E-state index in [0.717, 1.165) is 12.8 Å². The number of fused-ring (bicyclic) bond motifs is 1. The van der Waals surface area contributed by atoms with E-state index in [1.54, 1.807) is 6.07 Å². The number of aromatic amines is 1. The van der Waals surface area contributed by atoms with Gasteiger partial charge < -0.3 is 5.32 Å². The van der Waals surface area contributed by atoms with Crippen LogP contribution in [0.5, 0.6) is 0 Å². The van der Waals surface area contributed by atoms with Gasteiger partial charge in [0.1, 0.15) is 5.82 Å². The zero-order valence-corrected chi connectivity index (χ0v) is 13.7. The minimum absolute atomic E-state index is 0.0101. The molecular formula is C16H13ClFN5O2. The lowest BCUT2D eigenvalue weighted by atomic mass is 10.1. The number of rotatable bonds is 4. The summed E-state index contributed by atoms with van der Waals surface area (Å²) in [5.74, 6) is -0.913. The number of nitrogens with zero attached hydrogens (tertiary/aromatic N) is 3. The van der Waals surface area contributed by atoms with E-state index in [1.807, 2.05) is 0 Å². The topological polar surface area (TPSA) is 92.7 Å². The second-order valence-electron chi connectivity index (χ2n) is 5.85. The zero-order valence-electron chi connectivity index (χ0n) is 12.9. The molecular weight excluding hydrogens is 349 g/mol. The largest absolute Gasteiger partial charge is 0.345 e. The molecule has 3 aromatic rings. The fraction of sp³-hybridized carbons (Fsp3) is 0.250. The molecule has 9 heteroatoms. The van der Waals surface area contributed by atoms with Gasteiger partial charge in [-0.2, -0.15) is 5.10 Å². The van der Waals surface area contributed by atoms with Crippen LogP contribution in [0.25, 0.3) is 10.9 Å². The van der Waals surface area contributed by atoms with Crippen molar-refractivity contribution in [2.24, 2.45) is 0 Å². The Morgan fingerprint density at radius 3 is 3.04 bits per heavy atom. The van der Waals surface area contributed by atoms with Crippen LogP contribution in [0.3, 0.4) is 0 Å². The van der Waals surface area contributed by atoms with Crippen molar-refractivity contribution >= 4 is 28.4 Å². The van der Waals surface area contributed by atoms with Gasteiger partial charge in [-0.1, -0.05) is 11.6 Å². The predicted octanol–water partition coefficient (Wildman–Crippen LogP) is 2.18. The highest BCUT2D eigenvalue weighted by Crippen LogP contribution is 2.34. The first-order valence-electron chi connectivity index (χ1n) is 7.73. The number of H-pyrrole nitrogens is 1. The Kier molecular flexibility index (Phi) is 3.76. The molecule has 2 aromatic heterocycles. The summed E-state index contributed by atoms with van der Waals surface area (Å²) in [7, 11) is 0. The number of hydrogen-bond acceptors (Lipinski definition) is 4. The molecule has 0 unspecified atom stereocenters. The molecule has 2 N–H and O–H groups in total. The number of benzene rings is 1. The molecule has 1 aliphatic rings. The lowest BCUT2D eigenvalue weighted by molar-refractivity contribution is 0.0945. The molecule has 0 radical (unpaired) electrons. The van der Waals surface area contributed by atoms with E-state index in [9.17, 15) is 14.0 Å². The number of hydrogen-bond donors (Lipinski definition) is 2. The summed E-state index contributed by atoms with van der Waals surface area (Å²) in [6.45, 7) is 0.0101. The lowest BCUT2D eigenvalue weighted by Gasteiger charge is -2.09. The molecule has 0 aliphatic heterocycles. The van der Waals surface area contributed by atoms with Crippen LogP contribution >= 0.6 is 11.6 Å². The third-order valence-corrected chi connectivity index (χ3v) is 4.41. The zero-order chi connectivity index (χ0) is 17.6. The van der Waals surface area contributed by atoms with Crippen molar-refractivity contribution in [2.45, 2.75) is 25.4 Å². The fourth-order valence-corrected chi connectivity index (χ4v) is 3.03. The van der Waals surface area contributed by atoms with Crippen LogP contribution in [0.2, 0.25) is 5.02 Å². The number of carbonyl (C=O) groups excluding carboxylic acids is 1. The molecule has 0 atom stereocenters. The fourth-order valence-electron chi connectivity index (χ4n) is 2.77. The van der Waals surface area contributed by atoms with Gasteiger partial charge in [0.25, 0.3) is 5.91 Å². The monoisotopic (exact) mass is 361 g/mol. The van der Waals surface area contributed by atoms with E-state index in [0.29, 0.717) is 11.3 Å². The molecule has 7 nitrogen and oxygen atoms in total. The molecule has 25 heavy (non-hydrogen) atoms. The number of aromatic nitrogens is 4. The highest BCUT2D eigenvalue weighted by molar-refractivity contribution is 6.35. The maximum atomic E-state index is 14.6. The van der Waals surface area contributed by atoms with Crippen LogP contribution in [-0.2, 0) is 6.54 Å². The van der Waals surface area contributed by atoms with Gasteiger partial charge in [0.05, 0.1) is 22.6 Å². The van der Waals surface area contributed by atoms with Gasteiger partial charge >= 0.3 is 5.69 Å². The molecule has 1 amide bonds. The van der Waals surface area contributed by atoms with Crippen LogP contribution in [0.15, 0.2) is 29.2 Å². The average molecular weight is 362 g/mol. The van der Waals surface area contributed by atoms with E-state index in [-0.39, 0.29) is 34.2 Å². The summed E-state index contributed by atoms with van der Waals surface area (Å²) < 4.78 is 16.1. The summed E-state index contributed by atoms with van der Waals surface area (Å²) >= 11 is 6.10. The maximum absolute atomic E-state index is 14.6. The predicted molar refractivity (Wildman–Crippen MR) is 89.0 cm³/mol. The van der Waals surface area contributed by atoms with Crippen molar-refractivity contribution in [1.82, 2.24) is 25.1 Å². The summed E-state index contributed by atoms with van der Waals surface area (Å²) in [6, 6.07) is 4.46. The van der Waals surface area contributed by atoms with Crippen LogP contribution < -0.4 is 11.0 Å². The Bertz CT molecular complexity index is 1040. The molecule has 0 spiro atoms. The smallest absolute Gasteiger partial charge is 0.343 e. The molecule has 0 bridgehead atoms. The van der Waals surface area contributed by atoms with E-state index < -0.39 is 11.7 Å². The van der Waals surface area contributed by atoms with Crippen molar-refractivity contribution in [1.29, 1.82) is 0 Å². The van der Waals surface area contributed by atoms with E-state index >= 15 is 0 Å². The van der Waals surface area contributed by atoms with E-state index in [2.05, 4.69) is 20.5 Å². The number of carbonyl (C=O) groups is 1. The van der Waals surface area contributed by atoms with Gasteiger partial charge in [0, 0.05) is 17.6 Å². The van der Waals surface area contributed by atoms with E-state index in [4.69, 9.17) is 11.6 Å². The molecule has 1 fully saturated rings. The molecule has 1 saturated carbocycles. The Hall–Kier alpha value is -2.74. The van der Waals surface area contributed by atoms with Gasteiger partial charge in [0.15, 0.2) is 5.82 Å². The molecule has 0 saturated heterocycles. The summed E-state index contributed by atoms with van der Waals surface area (Å²) in [5, 5.41) is 9.23. The number of halogens is 2. The molecule has 4 rings (SSSR count). The van der Waals surface area contributed by atoms with Crippen molar-refractivity contribution in [3.05, 3.63) is 57.1 Å². The van der Waals surface area contributed by atoms with E-state index in [1.165, 1.54) is 22.9 Å². The van der Waals surface area contributed by atoms with Crippen molar-refractivity contribution in [2.75, 3.05) is 0 Å². The SMILES string of the molecule is O=C(NCc1n[nH]c(=O)n1C1CC1)c1cc(Cl)c2ncccc2c1F. The molecule has 1 aliphatic carbocycles. The lowest BCUT2D eigenvalue weighted by Crippen LogP contribution is -2.27. The van der Waals surface area contributed by atoms with Crippen LogP contribution in [-0.4, -0.2) is 25.7 Å². The van der Waals surface area contributed by atoms with Gasteiger partial charge in [-0.25, -0.2) is 14.3 Å². The first kappa shape index (κ1) is 15.8. The Morgan fingerprint density at radius 2 is 2.28 bits per heavy atom. The van der Waals surface area contributed by atoms with Gasteiger partial charge in [0.2, 0.25) is 0 Å². The minimum Gasteiger partial charge on any atom is -0.345 e. The summed E-state index contributed by atoms with van der Waals surface area (Å²) in [4.78, 5) is 28.1. The normalized spacial score (nSPS) is 14.0. The highest BCUT2D eigenvalue weighted by atomic mass is 35.5. The standard InChI is InChI=1S/C16H13ClFN5O2/c17-11-6-10(13(18)9-2-1-5-19-14(9)11)15(24)20-7-12-21-22-16(25)23(12)8-3-4-8/h1-2,5-6,8H,3-4,7H2,(H,20,24)(H,22,25). The Morgan fingerprint density at radius 1 is 1.48 bits per heavy atom. The first-order chi connectivity index (χ1) is 12.1. The Balaban J connectivity index is 1.61. The second-order valence-corrected chi connectivity index (χ2v) is 6.26. The van der Waals surface area contributed by atoms with Gasteiger partial charge in [-0.3, -0.25) is 14.3 Å². The van der Waals surface area contributed by atoms with Crippen molar-refractivity contribution in [3.8, 4) is 0 Å². The Labute approximate surface area is 145 Å². The third kappa shape index (κ3) is 2.78. The number of pyridine rings is 1. The number of nitrogens with one attached hydrogen (secondary N) is 2. The first-order valence-corrected chi connectivity index (χ1v) is 8.10. The maximum Gasteiger partial charge on any atom is 0.343 e. The molecule has 1 aromatic carbocycles. The van der Waals surface area contributed by atoms with Crippen molar-refractivity contribution in [3.63, 3.8) is 0 Å². The second kappa shape index (κ2) is 5.96. The molecule has 128 valence electrons. The number of amides is 1. The third-order valence-electron chi connectivity index (χ3n) is 4.12. The van der Waals surface area contributed by atoms with Gasteiger partial charge in [-0.15, -0.1) is 0 Å². The van der Waals surface area contributed by atoms with Crippen LogP contribution in [0, 0.1) is 5.82 Å². The molecule has 2 heterocycles. The summed E-state index contributed by atoms with van der Waals surface area (Å²) in [6.07, 6.45) is 3.31. The van der Waals surface area contributed by atoms with Crippen LogP contribution in [0.1, 0.15) is 35.1 Å². The summed E-state index contributed by atoms with van der Waals surface area (Å²) in [5.41, 5.74) is -0.188. The van der Waals surface area contributed by atoms with Crippen molar-refractivity contribution < 1.29 is 9.18 Å². The average Bonchev–Trinajstić information content (AvgIpc) is 3.38. The minimum atomic E-state index is -0.688. The van der Waals surface area contributed by atoms with Crippen LogP contribution in [0.4, 0.5) is 4.39 Å².